The van der Waals surface area contributed by atoms with Crippen LogP contribution in [0.3, 0.4) is 0 Å². The number of rotatable bonds is 3. The average Bonchev–Trinajstić information content (AvgIpc) is 3.29. The highest BCUT2D eigenvalue weighted by molar-refractivity contribution is 6.30. The van der Waals surface area contributed by atoms with E-state index in [0.29, 0.717) is 27.7 Å². The molecule has 0 unspecified atom stereocenters. The Morgan fingerprint density at radius 3 is 2.03 bits per heavy atom. The van der Waals surface area contributed by atoms with Crippen molar-refractivity contribution in [3.05, 3.63) is 105 Å². The molecule has 0 spiro atoms. The molecule has 0 aliphatic heterocycles. The van der Waals surface area contributed by atoms with Crippen LogP contribution in [0, 0.1) is 13.8 Å². The van der Waals surface area contributed by atoms with Crippen molar-refractivity contribution in [1.29, 1.82) is 0 Å². The van der Waals surface area contributed by atoms with E-state index in [-0.39, 0.29) is 5.56 Å². The third kappa shape index (κ3) is 3.68. The molecule has 6 rings (SSSR count). The van der Waals surface area contributed by atoms with Crippen LogP contribution < -0.4 is 5.56 Å². The first-order chi connectivity index (χ1) is 17.0. The van der Waals surface area contributed by atoms with Crippen LogP contribution >= 0.6 is 11.6 Å². The number of aromatic amines is 1. The summed E-state index contributed by atoms with van der Waals surface area (Å²) in [5.41, 5.74) is 6.61. The van der Waals surface area contributed by atoms with Gasteiger partial charge in [0.15, 0.2) is 11.5 Å². The molecule has 170 valence electrons. The van der Waals surface area contributed by atoms with Crippen LogP contribution in [-0.2, 0) is 0 Å². The third-order valence-corrected chi connectivity index (χ3v) is 6.38. The minimum Gasteiger partial charge on any atom is -0.268 e. The Labute approximate surface area is 205 Å². The smallest absolute Gasteiger partial charge is 0.268 e. The van der Waals surface area contributed by atoms with E-state index >= 15 is 0 Å². The number of aryl methyl sites for hydroxylation is 2. The number of hydrogen-bond donors (Lipinski definition) is 1. The molecule has 3 heterocycles. The zero-order chi connectivity index (χ0) is 24.1. The largest absolute Gasteiger partial charge is 0.270 e. The predicted molar refractivity (Wildman–Crippen MR) is 140 cm³/mol. The van der Waals surface area contributed by atoms with Gasteiger partial charge in [-0.15, -0.1) is 0 Å². The predicted octanol–water partition coefficient (Wildman–Crippen LogP) is 6.24. The summed E-state index contributed by atoms with van der Waals surface area (Å²) in [7, 11) is 0. The lowest BCUT2D eigenvalue weighted by atomic mass is 9.99. The molecular weight excluding hydrogens is 458 g/mol. The maximum Gasteiger partial charge on any atom is 0.270 e. The van der Waals surface area contributed by atoms with Crippen molar-refractivity contribution in [1.82, 2.24) is 24.6 Å². The van der Waals surface area contributed by atoms with Gasteiger partial charge in [0.1, 0.15) is 0 Å². The maximum atomic E-state index is 14.0. The van der Waals surface area contributed by atoms with Gasteiger partial charge in [0.25, 0.3) is 5.56 Å². The van der Waals surface area contributed by atoms with E-state index in [9.17, 15) is 4.79 Å². The summed E-state index contributed by atoms with van der Waals surface area (Å²) in [6.07, 6.45) is 0. The number of aromatic nitrogens is 5. The van der Waals surface area contributed by atoms with Crippen molar-refractivity contribution in [2.75, 3.05) is 0 Å². The highest BCUT2D eigenvalue weighted by atomic mass is 35.5. The summed E-state index contributed by atoms with van der Waals surface area (Å²) in [5.74, 6) is 0.796. The molecule has 6 nitrogen and oxygen atoms in total. The quantitative estimate of drug-likeness (QED) is 0.327. The lowest BCUT2D eigenvalue weighted by Gasteiger charge is -2.11. The summed E-state index contributed by atoms with van der Waals surface area (Å²) < 4.78 is 1.50. The molecule has 35 heavy (non-hydrogen) atoms. The second-order valence-electron chi connectivity index (χ2n) is 8.62. The second-order valence-corrected chi connectivity index (χ2v) is 9.05. The molecule has 0 saturated heterocycles. The van der Waals surface area contributed by atoms with Gasteiger partial charge in [-0.25, -0.2) is 14.5 Å². The topological polar surface area (TPSA) is 75.9 Å². The number of nitrogens with zero attached hydrogens (tertiary/aromatic N) is 4. The normalized spacial score (nSPS) is 11.4. The Kier molecular flexibility index (Phi) is 4.97. The van der Waals surface area contributed by atoms with Crippen LogP contribution in [0.1, 0.15) is 11.1 Å². The Morgan fingerprint density at radius 1 is 0.771 bits per heavy atom. The maximum absolute atomic E-state index is 14.0. The lowest BCUT2D eigenvalue weighted by molar-refractivity contribution is 1.08. The summed E-state index contributed by atoms with van der Waals surface area (Å²) in [4.78, 5) is 23.5. The van der Waals surface area contributed by atoms with Gasteiger partial charge in [-0.2, -0.15) is 10.1 Å². The van der Waals surface area contributed by atoms with E-state index in [1.807, 2.05) is 80.6 Å². The van der Waals surface area contributed by atoms with E-state index < -0.39 is 0 Å². The standard InChI is InChI=1S/C28H20ClN5O/c1-16-3-7-18(8-4-16)22-15-23(19-9-5-17(2)6-10-19)30-25-24(22)27(35)34-26(32-33-28(34)31-25)20-11-13-21(29)14-12-20/h3-15H,1-2H3,(H,30,31,33). The van der Waals surface area contributed by atoms with E-state index in [0.717, 1.165) is 33.5 Å². The van der Waals surface area contributed by atoms with Gasteiger partial charge in [-0.1, -0.05) is 71.3 Å². The fourth-order valence-electron chi connectivity index (χ4n) is 4.23. The number of fused-ring (bicyclic) bond motifs is 2. The number of H-pyrrole nitrogens is 1. The second kappa shape index (κ2) is 8.18. The Bertz CT molecular complexity index is 1770. The minimum atomic E-state index is -0.234. The first-order valence-electron chi connectivity index (χ1n) is 11.2. The number of benzene rings is 3. The number of halogens is 1. The third-order valence-electron chi connectivity index (χ3n) is 6.13. The summed E-state index contributed by atoms with van der Waals surface area (Å²) in [5, 5.41) is 8.34. The lowest BCUT2D eigenvalue weighted by Crippen LogP contribution is -2.17. The SMILES string of the molecule is Cc1ccc(-c2cc(-c3ccc(C)cc3)c3c(=O)n4c(-c5ccc(Cl)cc5)n[nH]c4nc3n2)cc1. The van der Waals surface area contributed by atoms with Crippen LogP contribution in [0.25, 0.3) is 50.6 Å². The van der Waals surface area contributed by atoms with Gasteiger partial charge >= 0.3 is 0 Å². The molecule has 6 aromatic rings. The van der Waals surface area contributed by atoms with Crippen molar-refractivity contribution >= 4 is 28.4 Å². The highest BCUT2D eigenvalue weighted by Crippen LogP contribution is 2.31. The molecule has 0 fully saturated rings. The van der Waals surface area contributed by atoms with Crippen molar-refractivity contribution in [3.63, 3.8) is 0 Å². The van der Waals surface area contributed by atoms with Crippen molar-refractivity contribution < 1.29 is 0 Å². The number of hydrogen-bond acceptors (Lipinski definition) is 4. The van der Waals surface area contributed by atoms with E-state index in [1.54, 1.807) is 12.1 Å². The molecule has 1 N–H and O–H groups in total. The summed E-state index contributed by atoms with van der Waals surface area (Å²) in [6, 6.07) is 25.4. The zero-order valence-electron chi connectivity index (χ0n) is 19.1. The number of nitrogens with one attached hydrogen (secondary N) is 1. The molecule has 0 amide bonds. The van der Waals surface area contributed by atoms with Crippen LogP contribution in [0.4, 0.5) is 0 Å². The fraction of sp³-hybridized carbons (Fsp3) is 0.0714. The minimum absolute atomic E-state index is 0.234. The molecular formula is C28H20ClN5O. The fourth-order valence-corrected chi connectivity index (χ4v) is 4.36. The Balaban J connectivity index is 1.68. The van der Waals surface area contributed by atoms with Gasteiger partial charge in [0.2, 0.25) is 5.78 Å². The van der Waals surface area contributed by atoms with E-state index in [4.69, 9.17) is 21.6 Å². The molecule has 0 bridgehead atoms. The summed E-state index contributed by atoms with van der Waals surface area (Å²) >= 11 is 6.06. The Morgan fingerprint density at radius 2 is 1.37 bits per heavy atom. The van der Waals surface area contributed by atoms with Crippen LogP contribution in [0.15, 0.2) is 83.7 Å². The van der Waals surface area contributed by atoms with Crippen LogP contribution in [-0.4, -0.2) is 24.6 Å². The first-order valence-corrected chi connectivity index (χ1v) is 11.6. The summed E-state index contributed by atoms with van der Waals surface area (Å²) in [6.45, 7) is 4.08. The molecule has 0 saturated carbocycles. The first kappa shape index (κ1) is 21.3. The highest BCUT2D eigenvalue weighted by Gasteiger charge is 2.19. The van der Waals surface area contributed by atoms with Crippen LogP contribution in [0.2, 0.25) is 5.02 Å². The number of pyridine rings is 1. The van der Waals surface area contributed by atoms with Crippen LogP contribution in [0.5, 0.6) is 0 Å². The molecule has 7 heteroatoms. The Hall–Kier alpha value is -4.29. The zero-order valence-corrected chi connectivity index (χ0v) is 19.8. The molecule has 0 atom stereocenters. The van der Waals surface area contributed by atoms with E-state index in [2.05, 4.69) is 10.2 Å². The molecule has 0 aliphatic carbocycles. The molecule has 3 aromatic heterocycles. The van der Waals surface area contributed by atoms with Gasteiger partial charge in [-0.3, -0.25) is 4.79 Å². The van der Waals surface area contributed by atoms with Crippen molar-refractivity contribution in [3.8, 4) is 33.8 Å². The average molecular weight is 478 g/mol. The van der Waals surface area contributed by atoms with Crippen molar-refractivity contribution in [2.45, 2.75) is 13.8 Å². The molecule has 0 radical (unpaired) electrons. The monoisotopic (exact) mass is 477 g/mol. The van der Waals surface area contributed by atoms with Gasteiger partial charge in [-0.05, 0) is 49.7 Å². The van der Waals surface area contributed by atoms with E-state index in [1.165, 1.54) is 9.96 Å². The van der Waals surface area contributed by atoms with Gasteiger partial charge in [0.05, 0.1) is 11.1 Å². The molecule has 3 aromatic carbocycles. The van der Waals surface area contributed by atoms with Gasteiger partial charge < -0.3 is 0 Å². The van der Waals surface area contributed by atoms with Gasteiger partial charge in [0, 0.05) is 21.7 Å². The van der Waals surface area contributed by atoms with Crippen molar-refractivity contribution in [2.24, 2.45) is 0 Å². The molecule has 0 aliphatic rings.